The van der Waals surface area contributed by atoms with E-state index in [1.54, 1.807) is 37.2 Å². The zero-order chi connectivity index (χ0) is 20.8. The van der Waals surface area contributed by atoms with E-state index >= 15 is 0 Å². The van der Waals surface area contributed by atoms with Crippen LogP contribution in [-0.4, -0.2) is 52.3 Å². The lowest BCUT2D eigenvalue weighted by molar-refractivity contribution is 0.185. The Morgan fingerprint density at radius 3 is 2.66 bits per heavy atom. The molecule has 0 spiro atoms. The van der Waals surface area contributed by atoms with Crippen molar-refractivity contribution >= 4 is 17.6 Å². The fraction of sp³-hybridized carbons (Fsp3) is 0.333. The van der Waals surface area contributed by atoms with Gasteiger partial charge >= 0.3 is 0 Å². The molecule has 1 atom stereocenters. The number of benzene rings is 1. The van der Waals surface area contributed by atoms with E-state index in [1.165, 1.54) is 12.1 Å². The second-order valence-corrected chi connectivity index (χ2v) is 7.38. The van der Waals surface area contributed by atoms with Crippen LogP contribution in [-0.2, 0) is 11.3 Å². The molecule has 3 rings (SSSR count). The van der Waals surface area contributed by atoms with Crippen LogP contribution in [0.5, 0.6) is 0 Å². The fourth-order valence-electron chi connectivity index (χ4n) is 3.03. The van der Waals surface area contributed by atoms with Crippen molar-refractivity contribution in [2.75, 3.05) is 31.9 Å². The highest BCUT2D eigenvalue weighted by molar-refractivity contribution is 7.98. The molecule has 1 aromatic carbocycles. The van der Waals surface area contributed by atoms with E-state index in [2.05, 4.69) is 14.9 Å². The number of ether oxygens (including phenoxy) is 1. The number of pyridine rings is 1. The van der Waals surface area contributed by atoms with Gasteiger partial charge in [-0.15, -0.1) is 0 Å². The number of nitrogens with one attached hydrogen (secondary N) is 1. The third-order valence-corrected chi connectivity index (χ3v) is 5.13. The highest BCUT2D eigenvalue weighted by Crippen LogP contribution is 2.36. The number of rotatable bonds is 9. The van der Waals surface area contributed by atoms with E-state index in [9.17, 15) is 9.50 Å². The number of methoxy groups -OCH3 is 1. The van der Waals surface area contributed by atoms with Crippen molar-refractivity contribution < 1.29 is 14.2 Å². The van der Waals surface area contributed by atoms with Gasteiger partial charge in [-0.2, -0.15) is 0 Å². The molecular weight excluding hydrogens is 391 g/mol. The average molecular weight is 417 g/mol. The van der Waals surface area contributed by atoms with Gasteiger partial charge in [0.05, 0.1) is 24.6 Å². The van der Waals surface area contributed by atoms with Gasteiger partial charge in [0.1, 0.15) is 11.6 Å². The number of imidazole rings is 1. The SMILES string of the molecule is COCCn1c(SC)nc(-c2ccc(F)cc2)c1-c1ccnc(N[C@@H](C)CO)c1. The Bertz CT molecular complexity index is 946. The quantitative estimate of drug-likeness (QED) is 0.515. The van der Waals surface area contributed by atoms with Crippen LogP contribution in [0.1, 0.15) is 6.92 Å². The molecule has 0 radical (unpaired) electrons. The molecule has 0 amide bonds. The minimum absolute atomic E-state index is 0.00906. The number of aromatic nitrogens is 3. The van der Waals surface area contributed by atoms with Crippen molar-refractivity contribution in [2.24, 2.45) is 0 Å². The van der Waals surface area contributed by atoms with E-state index in [-0.39, 0.29) is 18.5 Å². The second kappa shape index (κ2) is 9.87. The van der Waals surface area contributed by atoms with E-state index in [0.717, 1.165) is 27.7 Å². The molecule has 2 heterocycles. The summed E-state index contributed by atoms with van der Waals surface area (Å²) in [7, 11) is 1.67. The van der Waals surface area contributed by atoms with Crippen molar-refractivity contribution in [2.45, 2.75) is 24.7 Å². The molecule has 0 aliphatic rings. The third-order valence-electron chi connectivity index (χ3n) is 4.45. The predicted molar refractivity (Wildman–Crippen MR) is 115 cm³/mol. The fourth-order valence-corrected chi connectivity index (χ4v) is 3.62. The Morgan fingerprint density at radius 2 is 2.00 bits per heavy atom. The molecule has 0 aliphatic carbocycles. The first-order valence-corrected chi connectivity index (χ1v) is 10.5. The Morgan fingerprint density at radius 1 is 1.24 bits per heavy atom. The molecule has 0 aliphatic heterocycles. The maximum absolute atomic E-state index is 13.5. The summed E-state index contributed by atoms with van der Waals surface area (Å²) in [6.45, 7) is 3.06. The number of thioether (sulfide) groups is 1. The van der Waals surface area contributed by atoms with Crippen molar-refractivity contribution in [3.8, 4) is 22.5 Å². The van der Waals surface area contributed by atoms with Gasteiger partial charge in [-0.3, -0.25) is 0 Å². The maximum Gasteiger partial charge on any atom is 0.168 e. The third kappa shape index (κ3) is 4.95. The molecule has 0 unspecified atom stereocenters. The Hall–Kier alpha value is -2.42. The Balaban J connectivity index is 2.15. The highest BCUT2D eigenvalue weighted by Gasteiger charge is 2.20. The van der Waals surface area contributed by atoms with Gasteiger partial charge in [0.2, 0.25) is 0 Å². The van der Waals surface area contributed by atoms with Crippen LogP contribution in [0.4, 0.5) is 10.2 Å². The topological polar surface area (TPSA) is 72.2 Å². The summed E-state index contributed by atoms with van der Waals surface area (Å²) in [6.07, 6.45) is 3.70. The van der Waals surface area contributed by atoms with E-state index in [0.29, 0.717) is 19.0 Å². The molecule has 0 fully saturated rings. The maximum atomic E-state index is 13.5. The molecule has 2 N–H and O–H groups in total. The second-order valence-electron chi connectivity index (χ2n) is 6.60. The van der Waals surface area contributed by atoms with Crippen LogP contribution in [0.2, 0.25) is 0 Å². The molecular formula is C21H25FN4O2S. The number of anilines is 1. The van der Waals surface area contributed by atoms with Gasteiger partial charge in [0, 0.05) is 37.0 Å². The number of aliphatic hydroxyl groups is 1. The van der Waals surface area contributed by atoms with Crippen LogP contribution >= 0.6 is 11.8 Å². The molecule has 154 valence electrons. The van der Waals surface area contributed by atoms with Crippen LogP contribution in [0.3, 0.4) is 0 Å². The molecule has 3 aromatic rings. The van der Waals surface area contributed by atoms with Crippen LogP contribution in [0, 0.1) is 5.82 Å². The number of hydrogen-bond acceptors (Lipinski definition) is 6. The predicted octanol–water partition coefficient (Wildman–Crippen LogP) is 3.91. The summed E-state index contributed by atoms with van der Waals surface area (Å²) in [4.78, 5) is 9.19. The summed E-state index contributed by atoms with van der Waals surface area (Å²) in [5.41, 5.74) is 3.46. The average Bonchev–Trinajstić information content (AvgIpc) is 3.11. The van der Waals surface area contributed by atoms with Gasteiger partial charge in [-0.1, -0.05) is 11.8 Å². The normalized spacial score (nSPS) is 12.2. The van der Waals surface area contributed by atoms with Crippen molar-refractivity contribution in [3.63, 3.8) is 0 Å². The van der Waals surface area contributed by atoms with E-state index in [4.69, 9.17) is 9.72 Å². The largest absolute Gasteiger partial charge is 0.394 e. The van der Waals surface area contributed by atoms with E-state index < -0.39 is 0 Å². The molecule has 29 heavy (non-hydrogen) atoms. The summed E-state index contributed by atoms with van der Waals surface area (Å²) >= 11 is 1.55. The lowest BCUT2D eigenvalue weighted by atomic mass is 10.1. The number of aliphatic hydroxyl groups excluding tert-OH is 1. The summed E-state index contributed by atoms with van der Waals surface area (Å²) in [5.74, 6) is 0.381. The molecule has 0 bridgehead atoms. The van der Waals surface area contributed by atoms with Gasteiger partial charge in [-0.25, -0.2) is 14.4 Å². The van der Waals surface area contributed by atoms with Crippen LogP contribution in [0.15, 0.2) is 47.8 Å². The number of hydrogen-bond donors (Lipinski definition) is 2. The van der Waals surface area contributed by atoms with Crippen LogP contribution in [0.25, 0.3) is 22.5 Å². The molecule has 0 saturated heterocycles. The van der Waals surface area contributed by atoms with Gasteiger partial charge in [0.25, 0.3) is 0 Å². The standard InChI is InChI=1S/C21H25FN4O2S/c1-14(13-27)24-18-12-16(8-9-23-18)20-19(15-4-6-17(22)7-5-15)25-21(29-3)26(20)10-11-28-2/h4-9,12,14,27H,10-11,13H2,1-3H3,(H,23,24)/t14-/m0/s1. The Labute approximate surface area is 174 Å². The zero-order valence-corrected chi connectivity index (χ0v) is 17.5. The first-order valence-electron chi connectivity index (χ1n) is 9.30. The monoisotopic (exact) mass is 416 g/mol. The first-order chi connectivity index (χ1) is 14.1. The lowest BCUT2D eigenvalue weighted by Crippen LogP contribution is -2.19. The molecule has 2 aromatic heterocycles. The zero-order valence-electron chi connectivity index (χ0n) is 16.7. The summed E-state index contributed by atoms with van der Waals surface area (Å²) in [5, 5.41) is 13.4. The van der Waals surface area contributed by atoms with Gasteiger partial charge in [0.15, 0.2) is 5.16 Å². The highest BCUT2D eigenvalue weighted by atomic mass is 32.2. The molecule has 8 heteroatoms. The van der Waals surface area contributed by atoms with Gasteiger partial charge in [-0.05, 0) is 49.6 Å². The van der Waals surface area contributed by atoms with Crippen molar-refractivity contribution in [1.29, 1.82) is 0 Å². The minimum atomic E-state index is -0.285. The molecule has 6 nitrogen and oxygen atoms in total. The Kier molecular flexibility index (Phi) is 7.24. The summed E-state index contributed by atoms with van der Waals surface area (Å²) < 4.78 is 20.9. The lowest BCUT2D eigenvalue weighted by Gasteiger charge is -2.15. The first kappa shape index (κ1) is 21.3. The molecule has 0 saturated carbocycles. The smallest absolute Gasteiger partial charge is 0.168 e. The van der Waals surface area contributed by atoms with Gasteiger partial charge < -0.3 is 19.7 Å². The number of nitrogens with zero attached hydrogens (tertiary/aromatic N) is 3. The summed E-state index contributed by atoms with van der Waals surface area (Å²) in [6, 6.07) is 10.1. The van der Waals surface area contributed by atoms with Crippen molar-refractivity contribution in [3.05, 3.63) is 48.4 Å². The minimum Gasteiger partial charge on any atom is -0.394 e. The number of halogens is 1. The van der Waals surface area contributed by atoms with Crippen molar-refractivity contribution in [1.82, 2.24) is 14.5 Å². The van der Waals surface area contributed by atoms with Crippen LogP contribution < -0.4 is 5.32 Å². The van der Waals surface area contributed by atoms with E-state index in [1.807, 2.05) is 25.3 Å².